The fourth-order valence-corrected chi connectivity index (χ4v) is 3.19. The van der Waals surface area contributed by atoms with Gasteiger partial charge in [-0.1, -0.05) is 6.08 Å². The smallest absolute Gasteiger partial charge is 0.407 e. The molecule has 4 rings (SSSR count). The second-order valence-electron chi connectivity index (χ2n) is 6.12. The Hall–Kier alpha value is -3.35. The van der Waals surface area contributed by atoms with Gasteiger partial charge in [0.15, 0.2) is 0 Å². The van der Waals surface area contributed by atoms with Crippen LogP contribution in [0.25, 0.3) is 27.7 Å². The number of hydrogen-bond acceptors (Lipinski definition) is 4. The average Bonchev–Trinajstić information content (AvgIpc) is 3.11. The molecular formula is C19H18N4O3. The lowest BCUT2D eigenvalue weighted by molar-refractivity contribution is 0.150. The minimum absolute atomic E-state index is 0.410. The molecule has 1 aliphatic heterocycles. The Kier molecular flexibility index (Phi) is 4.04. The van der Waals surface area contributed by atoms with Crippen molar-refractivity contribution >= 4 is 22.7 Å². The van der Waals surface area contributed by atoms with E-state index in [-0.39, 0.29) is 0 Å². The number of methoxy groups -OCH3 is 1. The summed E-state index contributed by atoms with van der Waals surface area (Å²) in [6.45, 7) is 0.913. The van der Waals surface area contributed by atoms with E-state index in [0.717, 1.165) is 33.3 Å². The number of aromatic nitrogens is 3. The number of nitrogens with zero attached hydrogens (tertiary/aromatic N) is 3. The molecule has 0 radical (unpaired) electrons. The zero-order valence-electron chi connectivity index (χ0n) is 14.3. The first kappa shape index (κ1) is 16.1. The van der Waals surface area contributed by atoms with Crippen molar-refractivity contribution in [2.24, 2.45) is 0 Å². The van der Waals surface area contributed by atoms with E-state index in [2.05, 4.69) is 21.0 Å². The molecule has 0 bridgehead atoms. The van der Waals surface area contributed by atoms with Gasteiger partial charge in [0.1, 0.15) is 5.65 Å². The zero-order valence-corrected chi connectivity index (χ0v) is 14.3. The SMILES string of the molecule is COc1ccc(-c2cnc3[nH]cc(C4=CCN(C(=O)O)CC4)c3c2)cn1. The molecule has 0 atom stereocenters. The largest absolute Gasteiger partial charge is 0.481 e. The molecule has 2 N–H and O–H groups in total. The van der Waals surface area contributed by atoms with Crippen LogP contribution < -0.4 is 4.74 Å². The number of amides is 1. The van der Waals surface area contributed by atoms with Crippen LogP contribution in [0.3, 0.4) is 0 Å². The van der Waals surface area contributed by atoms with Crippen molar-refractivity contribution in [1.82, 2.24) is 19.9 Å². The van der Waals surface area contributed by atoms with Crippen molar-refractivity contribution in [3.8, 4) is 17.0 Å². The average molecular weight is 350 g/mol. The summed E-state index contributed by atoms with van der Waals surface area (Å²) in [6, 6.07) is 5.86. The van der Waals surface area contributed by atoms with Crippen LogP contribution in [0.15, 0.2) is 42.9 Å². The second-order valence-corrected chi connectivity index (χ2v) is 6.12. The third kappa shape index (κ3) is 2.88. The third-order valence-electron chi connectivity index (χ3n) is 4.64. The molecule has 3 aromatic rings. The summed E-state index contributed by atoms with van der Waals surface area (Å²) in [5.74, 6) is 0.570. The summed E-state index contributed by atoms with van der Waals surface area (Å²) in [6.07, 6.45) is 7.30. The second kappa shape index (κ2) is 6.51. The molecule has 0 fully saturated rings. The number of hydrogen-bond donors (Lipinski definition) is 2. The Balaban J connectivity index is 1.70. The molecule has 1 aliphatic rings. The van der Waals surface area contributed by atoms with Crippen molar-refractivity contribution < 1.29 is 14.6 Å². The zero-order chi connectivity index (χ0) is 18.1. The Labute approximate surface area is 150 Å². The van der Waals surface area contributed by atoms with Gasteiger partial charge in [-0.25, -0.2) is 14.8 Å². The van der Waals surface area contributed by atoms with Crippen LogP contribution in [0, 0.1) is 0 Å². The van der Waals surface area contributed by atoms with Crippen molar-refractivity contribution in [3.63, 3.8) is 0 Å². The number of carboxylic acid groups (broad SMARTS) is 1. The summed E-state index contributed by atoms with van der Waals surface area (Å²) in [5.41, 5.74) is 4.95. The molecule has 26 heavy (non-hydrogen) atoms. The van der Waals surface area contributed by atoms with Gasteiger partial charge in [-0.15, -0.1) is 0 Å². The Morgan fingerprint density at radius 2 is 2.12 bits per heavy atom. The van der Waals surface area contributed by atoms with Gasteiger partial charge in [0.2, 0.25) is 5.88 Å². The van der Waals surface area contributed by atoms with E-state index >= 15 is 0 Å². The number of ether oxygens (including phenoxy) is 1. The molecule has 0 aromatic carbocycles. The van der Waals surface area contributed by atoms with Crippen LogP contribution in [0.4, 0.5) is 4.79 Å². The normalized spacial score (nSPS) is 14.3. The number of fused-ring (bicyclic) bond motifs is 1. The van der Waals surface area contributed by atoms with Crippen LogP contribution in [-0.4, -0.2) is 51.3 Å². The van der Waals surface area contributed by atoms with Gasteiger partial charge < -0.3 is 19.7 Å². The Morgan fingerprint density at radius 3 is 2.77 bits per heavy atom. The molecule has 7 nitrogen and oxygen atoms in total. The molecule has 1 amide bonds. The van der Waals surface area contributed by atoms with Gasteiger partial charge in [0, 0.05) is 59.8 Å². The first-order valence-corrected chi connectivity index (χ1v) is 8.30. The number of aromatic amines is 1. The van der Waals surface area contributed by atoms with E-state index in [9.17, 15) is 4.79 Å². The maximum Gasteiger partial charge on any atom is 0.407 e. The maximum atomic E-state index is 11.1. The lowest BCUT2D eigenvalue weighted by Gasteiger charge is -2.23. The predicted octanol–water partition coefficient (Wildman–Crippen LogP) is 3.40. The fraction of sp³-hybridized carbons (Fsp3) is 0.211. The minimum Gasteiger partial charge on any atom is -0.481 e. The van der Waals surface area contributed by atoms with Gasteiger partial charge >= 0.3 is 6.09 Å². The van der Waals surface area contributed by atoms with E-state index in [1.807, 2.05) is 30.6 Å². The quantitative estimate of drug-likeness (QED) is 0.755. The van der Waals surface area contributed by atoms with Crippen molar-refractivity contribution in [3.05, 3.63) is 48.4 Å². The van der Waals surface area contributed by atoms with Gasteiger partial charge in [-0.3, -0.25) is 0 Å². The molecule has 7 heteroatoms. The lowest BCUT2D eigenvalue weighted by Crippen LogP contribution is -2.33. The fourth-order valence-electron chi connectivity index (χ4n) is 3.19. The molecule has 0 unspecified atom stereocenters. The number of nitrogens with one attached hydrogen (secondary N) is 1. The van der Waals surface area contributed by atoms with Crippen molar-refractivity contribution in [1.29, 1.82) is 0 Å². The molecule has 132 valence electrons. The number of rotatable bonds is 3. The monoisotopic (exact) mass is 350 g/mol. The van der Waals surface area contributed by atoms with E-state index in [4.69, 9.17) is 9.84 Å². The molecule has 0 spiro atoms. The molecular weight excluding hydrogens is 332 g/mol. The minimum atomic E-state index is -0.879. The topological polar surface area (TPSA) is 91.3 Å². The molecule has 3 aromatic heterocycles. The van der Waals surface area contributed by atoms with E-state index < -0.39 is 6.09 Å². The first-order valence-electron chi connectivity index (χ1n) is 8.30. The van der Waals surface area contributed by atoms with Gasteiger partial charge in [-0.2, -0.15) is 0 Å². The highest BCUT2D eigenvalue weighted by Crippen LogP contribution is 2.31. The molecule has 4 heterocycles. The van der Waals surface area contributed by atoms with Crippen LogP contribution >= 0.6 is 0 Å². The molecule has 0 saturated carbocycles. The number of H-pyrrole nitrogens is 1. The first-order chi connectivity index (χ1) is 12.7. The van der Waals surface area contributed by atoms with Crippen LogP contribution in [0.1, 0.15) is 12.0 Å². The highest BCUT2D eigenvalue weighted by molar-refractivity contribution is 5.93. The summed E-state index contributed by atoms with van der Waals surface area (Å²) < 4.78 is 5.10. The van der Waals surface area contributed by atoms with Crippen LogP contribution in [0.2, 0.25) is 0 Å². The van der Waals surface area contributed by atoms with Gasteiger partial charge in [-0.05, 0) is 24.1 Å². The highest BCUT2D eigenvalue weighted by atomic mass is 16.5. The van der Waals surface area contributed by atoms with Crippen molar-refractivity contribution in [2.45, 2.75) is 6.42 Å². The summed E-state index contributed by atoms with van der Waals surface area (Å²) in [4.78, 5) is 24.4. The number of pyridine rings is 2. The van der Waals surface area contributed by atoms with Crippen molar-refractivity contribution in [2.75, 3.05) is 20.2 Å². The predicted molar refractivity (Wildman–Crippen MR) is 98.1 cm³/mol. The highest BCUT2D eigenvalue weighted by Gasteiger charge is 2.19. The summed E-state index contributed by atoms with van der Waals surface area (Å²) >= 11 is 0. The van der Waals surface area contributed by atoms with Gasteiger partial charge in [0.05, 0.1) is 7.11 Å². The standard InChI is InChI=1S/C19H18N4O3/c1-26-17-3-2-13(9-20-17)14-8-15-16(11-22-18(15)21-10-14)12-4-6-23(7-5-12)19(24)25/h2-4,8-11H,5-7H2,1H3,(H,21,22)(H,24,25). The lowest BCUT2D eigenvalue weighted by atomic mass is 9.98. The van der Waals surface area contributed by atoms with Crippen LogP contribution in [0.5, 0.6) is 5.88 Å². The Morgan fingerprint density at radius 1 is 1.27 bits per heavy atom. The summed E-state index contributed by atoms with van der Waals surface area (Å²) in [7, 11) is 1.59. The van der Waals surface area contributed by atoms with E-state index in [1.165, 1.54) is 4.90 Å². The van der Waals surface area contributed by atoms with E-state index in [1.54, 1.807) is 13.3 Å². The summed E-state index contributed by atoms with van der Waals surface area (Å²) in [5, 5.41) is 10.1. The molecule has 0 aliphatic carbocycles. The van der Waals surface area contributed by atoms with E-state index in [0.29, 0.717) is 25.4 Å². The van der Waals surface area contributed by atoms with Gasteiger partial charge in [0.25, 0.3) is 0 Å². The maximum absolute atomic E-state index is 11.1. The van der Waals surface area contributed by atoms with Crippen LogP contribution in [-0.2, 0) is 0 Å². The number of carbonyl (C=O) groups is 1. The molecule has 0 saturated heterocycles. The third-order valence-corrected chi connectivity index (χ3v) is 4.64. The Bertz CT molecular complexity index is 992.